The van der Waals surface area contributed by atoms with Gasteiger partial charge in [-0.05, 0) is 24.3 Å². The molecule has 0 fully saturated rings. The summed E-state index contributed by atoms with van der Waals surface area (Å²) in [5, 5.41) is 2.88. The van der Waals surface area contributed by atoms with E-state index in [1.165, 1.54) is 7.11 Å². The van der Waals surface area contributed by atoms with Gasteiger partial charge in [-0.15, -0.1) is 0 Å². The van der Waals surface area contributed by atoms with Crippen LogP contribution in [0, 0.1) is 0 Å². The van der Waals surface area contributed by atoms with Crippen molar-refractivity contribution >= 4 is 27.1 Å². The van der Waals surface area contributed by atoms with Crippen LogP contribution in [0.1, 0.15) is 0 Å². The average Bonchev–Trinajstić information content (AvgIpc) is 3.07. The van der Waals surface area contributed by atoms with E-state index in [0.717, 1.165) is 21.7 Å². The van der Waals surface area contributed by atoms with Crippen LogP contribution in [0.15, 0.2) is 35.3 Å². The molecule has 0 aliphatic rings. The van der Waals surface area contributed by atoms with E-state index in [-0.39, 0.29) is 5.56 Å². The molecule has 0 bridgehead atoms. The molecule has 4 aromatic rings. The molecule has 0 unspecified atom stereocenters. The number of ether oxygens (including phenoxy) is 4. The van der Waals surface area contributed by atoms with Gasteiger partial charge in [0.1, 0.15) is 0 Å². The molecule has 2 aromatic carbocycles. The highest BCUT2D eigenvalue weighted by atomic mass is 16.5. The van der Waals surface area contributed by atoms with Crippen LogP contribution in [0.5, 0.6) is 23.0 Å². The minimum Gasteiger partial charge on any atom is -0.493 e. The van der Waals surface area contributed by atoms with Gasteiger partial charge in [0, 0.05) is 17.0 Å². The maximum absolute atomic E-state index is 13.1. The Labute approximate surface area is 143 Å². The predicted octanol–water partition coefficient (Wildman–Crippen LogP) is 3.08. The standard InChI is InChI=1S/C19H17NO5/c1-22-12-6-5-11-14-16-10(9-13(23-2)18(14)25-4)7-8-20(16)19(21)15(11)17(12)24-3/h5-9H,1-4H3. The van der Waals surface area contributed by atoms with E-state index in [1.807, 2.05) is 18.2 Å². The lowest BCUT2D eigenvalue weighted by Crippen LogP contribution is -2.14. The molecule has 0 atom stereocenters. The summed E-state index contributed by atoms with van der Waals surface area (Å²) in [7, 11) is 6.25. The van der Waals surface area contributed by atoms with E-state index in [2.05, 4.69) is 0 Å². The maximum atomic E-state index is 13.1. The smallest absolute Gasteiger partial charge is 0.266 e. The molecule has 4 rings (SSSR count). The van der Waals surface area contributed by atoms with Gasteiger partial charge in [-0.3, -0.25) is 9.20 Å². The van der Waals surface area contributed by atoms with Gasteiger partial charge >= 0.3 is 0 Å². The first-order valence-corrected chi connectivity index (χ1v) is 7.72. The summed E-state index contributed by atoms with van der Waals surface area (Å²) in [4.78, 5) is 13.1. The Balaban J connectivity index is 2.38. The van der Waals surface area contributed by atoms with Crippen LogP contribution in [0.25, 0.3) is 27.1 Å². The van der Waals surface area contributed by atoms with E-state index in [0.29, 0.717) is 28.4 Å². The van der Waals surface area contributed by atoms with Crippen LogP contribution in [0.3, 0.4) is 0 Å². The van der Waals surface area contributed by atoms with Gasteiger partial charge < -0.3 is 18.9 Å². The zero-order valence-corrected chi connectivity index (χ0v) is 14.4. The second-order valence-corrected chi connectivity index (χ2v) is 5.64. The highest BCUT2D eigenvalue weighted by Gasteiger charge is 2.23. The van der Waals surface area contributed by atoms with Gasteiger partial charge in [-0.1, -0.05) is 0 Å². The highest BCUT2D eigenvalue weighted by Crippen LogP contribution is 2.44. The quantitative estimate of drug-likeness (QED) is 0.535. The third-order valence-corrected chi connectivity index (χ3v) is 4.56. The van der Waals surface area contributed by atoms with Crippen molar-refractivity contribution in [1.29, 1.82) is 0 Å². The first kappa shape index (κ1) is 15.4. The average molecular weight is 339 g/mol. The fourth-order valence-electron chi connectivity index (χ4n) is 3.51. The zero-order chi connectivity index (χ0) is 17.7. The van der Waals surface area contributed by atoms with E-state index in [1.54, 1.807) is 38.0 Å². The lowest BCUT2D eigenvalue weighted by atomic mass is 10.0. The second-order valence-electron chi connectivity index (χ2n) is 5.64. The van der Waals surface area contributed by atoms with Crippen LogP contribution in [0.4, 0.5) is 0 Å². The summed E-state index contributed by atoms with van der Waals surface area (Å²) < 4.78 is 23.6. The van der Waals surface area contributed by atoms with Crippen molar-refractivity contribution < 1.29 is 18.9 Å². The zero-order valence-electron chi connectivity index (χ0n) is 14.4. The highest BCUT2D eigenvalue weighted by molar-refractivity contribution is 6.17. The number of hydrogen-bond donors (Lipinski definition) is 0. The van der Waals surface area contributed by atoms with Crippen molar-refractivity contribution in [2.75, 3.05) is 28.4 Å². The second kappa shape index (κ2) is 5.44. The maximum Gasteiger partial charge on any atom is 0.266 e. The number of benzene rings is 2. The molecule has 0 aliphatic heterocycles. The summed E-state index contributed by atoms with van der Waals surface area (Å²) in [5.41, 5.74) is 0.628. The summed E-state index contributed by atoms with van der Waals surface area (Å²) >= 11 is 0. The summed E-state index contributed by atoms with van der Waals surface area (Å²) in [6.45, 7) is 0. The molecule has 0 radical (unpaired) electrons. The predicted molar refractivity (Wildman–Crippen MR) is 96.1 cm³/mol. The van der Waals surface area contributed by atoms with Gasteiger partial charge in [-0.2, -0.15) is 0 Å². The molecule has 2 heterocycles. The number of methoxy groups -OCH3 is 4. The van der Waals surface area contributed by atoms with E-state index in [9.17, 15) is 4.79 Å². The van der Waals surface area contributed by atoms with Gasteiger partial charge in [-0.25, -0.2) is 0 Å². The number of fused-ring (bicyclic) bond motifs is 2. The Morgan fingerprint density at radius 3 is 2.12 bits per heavy atom. The molecular weight excluding hydrogens is 322 g/mol. The molecule has 0 saturated heterocycles. The fraction of sp³-hybridized carbons (Fsp3) is 0.211. The van der Waals surface area contributed by atoms with Crippen molar-refractivity contribution in [1.82, 2.24) is 4.40 Å². The molecule has 0 N–H and O–H groups in total. The lowest BCUT2D eigenvalue weighted by Gasteiger charge is -2.16. The summed E-state index contributed by atoms with van der Waals surface area (Å²) in [6, 6.07) is 7.39. The van der Waals surface area contributed by atoms with Crippen molar-refractivity contribution in [3.8, 4) is 23.0 Å². The molecule has 6 nitrogen and oxygen atoms in total. The Bertz CT molecular complexity index is 1160. The van der Waals surface area contributed by atoms with Crippen molar-refractivity contribution in [3.63, 3.8) is 0 Å². The van der Waals surface area contributed by atoms with Crippen LogP contribution >= 0.6 is 0 Å². The van der Waals surface area contributed by atoms with Gasteiger partial charge in [0.2, 0.25) is 0 Å². The van der Waals surface area contributed by atoms with Crippen molar-refractivity contribution in [3.05, 3.63) is 40.8 Å². The minimum atomic E-state index is -0.166. The van der Waals surface area contributed by atoms with Crippen LogP contribution in [-0.4, -0.2) is 32.8 Å². The molecule has 0 amide bonds. The Hall–Kier alpha value is -3.15. The largest absolute Gasteiger partial charge is 0.493 e. The van der Waals surface area contributed by atoms with Crippen LogP contribution in [0.2, 0.25) is 0 Å². The number of hydrogen-bond acceptors (Lipinski definition) is 5. The normalized spacial score (nSPS) is 11.4. The molecule has 0 aliphatic carbocycles. The molecule has 25 heavy (non-hydrogen) atoms. The number of pyridine rings is 1. The molecule has 6 heteroatoms. The molecule has 128 valence electrons. The van der Waals surface area contributed by atoms with Crippen LogP contribution in [-0.2, 0) is 0 Å². The first-order chi connectivity index (χ1) is 12.2. The Morgan fingerprint density at radius 1 is 0.800 bits per heavy atom. The summed E-state index contributed by atoms with van der Waals surface area (Å²) in [5.74, 6) is 2.10. The van der Waals surface area contributed by atoms with Crippen molar-refractivity contribution in [2.24, 2.45) is 0 Å². The minimum absolute atomic E-state index is 0.166. The third kappa shape index (κ3) is 1.88. The van der Waals surface area contributed by atoms with E-state index >= 15 is 0 Å². The van der Waals surface area contributed by atoms with Gasteiger partial charge in [0.15, 0.2) is 23.0 Å². The molecule has 0 saturated carbocycles. The Kier molecular flexibility index (Phi) is 3.35. The number of rotatable bonds is 4. The summed E-state index contributed by atoms with van der Waals surface area (Å²) in [6.07, 6.45) is 1.75. The van der Waals surface area contributed by atoms with Crippen molar-refractivity contribution in [2.45, 2.75) is 0 Å². The molecular formula is C19H17NO5. The van der Waals surface area contributed by atoms with Gasteiger partial charge in [0.25, 0.3) is 5.56 Å². The SMILES string of the molecule is COc1ccc2c(c1OC)c(=O)n1ccc3cc(OC)c(OC)c2c31. The fourth-order valence-corrected chi connectivity index (χ4v) is 3.51. The number of nitrogens with zero attached hydrogens (tertiary/aromatic N) is 1. The van der Waals surface area contributed by atoms with E-state index in [4.69, 9.17) is 18.9 Å². The first-order valence-electron chi connectivity index (χ1n) is 7.72. The lowest BCUT2D eigenvalue weighted by molar-refractivity contribution is 0.358. The molecule has 2 aromatic heterocycles. The van der Waals surface area contributed by atoms with Gasteiger partial charge in [0.05, 0.1) is 44.7 Å². The Morgan fingerprint density at radius 2 is 1.48 bits per heavy atom. The van der Waals surface area contributed by atoms with E-state index < -0.39 is 0 Å². The number of aromatic nitrogens is 1. The monoisotopic (exact) mass is 339 g/mol. The third-order valence-electron chi connectivity index (χ3n) is 4.56. The molecule has 0 spiro atoms. The van der Waals surface area contributed by atoms with Crippen LogP contribution < -0.4 is 24.5 Å². The topological polar surface area (TPSA) is 58.4 Å².